The quantitative estimate of drug-likeness (QED) is 0.754. The summed E-state index contributed by atoms with van der Waals surface area (Å²) in [6, 6.07) is 2.34. The largest absolute Gasteiger partial charge is 0.349 e. The van der Waals surface area contributed by atoms with Crippen molar-refractivity contribution in [2.24, 2.45) is 5.92 Å². The fourth-order valence-corrected chi connectivity index (χ4v) is 3.21. The minimum absolute atomic E-state index is 0.132. The summed E-state index contributed by atoms with van der Waals surface area (Å²) in [6.45, 7) is 9.45. The van der Waals surface area contributed by atoms with E-state index in [0.717, 1.165) is 13.0 Å². The van der Waals surface area contributed by atoms with E-state index in [4.69, 9.17) is 0 Å². The first-order valence-electron chi connectivity index (χ1n) is 6.96. The molecule has 4 heteroatoms. The van der Waals surface area contributed by atoms with Gasteiger partial charge in [0, 0.05) is 16.2 Å². The highest BCUT2D eigenvalue weighted by Gasteiger charge is 2.21. The van der Waals surface area contributed by atoms with Gasteiger partial charge in [0.1, 0.15) is 0 Å². The summed E-state index contributed by atoms with van der Waals surface area (Å²) in [7, 11) is 1.91. The van der Waals surface area contributed by atoms with Gasteiger partial charge in [-0.15, -0.1) is 11.3 Å². The number of nitrogens with one attached hydrogen (secondary N) is 2. The molecule has 0 fully saturated rings. The van der Waals surface area contributed by atoms with Gasteiger partial charge in [-0.25, -0.2) is 0 Å². The van der Waals surface area contributed by atoms with Crippen molar-refractivity contribution in [3.63, 3.8) is 0 Å². The van der Waals surface area contributed by atoms with E-state index in [1.54, 1.807) is 11.3 Å². The predicted molar refractivity (Wildman–Crippen MR) is 82.7 cm³/mol. The summed E-state index contributed by atoms with van der Waals surface area (Å²) in [5, 5.41) is 6.25. The maximum atomic E-state index is 12.0. The second-order valence-corrected chi connectivity index (χ2v) is 6.83. The molecule has 2 N–H and O–H groups in total. The lowest BCUT2D eigenvalue weighted by molar-refractivity contribution is -0.122. The Labute approximate surface area is 120 Å². The van der Waals surface area contributed by atoms with E-state index in [9.17, 15) is 4.79 Å². The van der Waals surface area contributed by atoms with Crippen molar-refractivity contribution < 1.29 is 4.79 Å². The zero-order valence-electron chi connectivity index (χ0n) is 12.7. The average molecular weight is 282 g/mol. The zero-order chi connectivity index (χ0) is 14.4. The van der Waals surface area contributed by atoms with Crippen LogP contribution in [0, 0.1) is 19.8 Å². The molecule has 108 valence electrons. The van der Waals surface area contributed by atoms with Gasteiger partial charge in [0.25, 0.3) is 0 Å². The van der Waals surface area contributed by atoms with Crippen LogP contribution in [-0.2, 0) is 4.79 Å². The zero-order valence-corrected chi connectivity index (χ0v) is 13.5. The molecule has 0 bridgehead atoms. The Hall–Kier alpha value is -0.870. The summed E-state index contributed by atoms with van der Waals surface area (Å²) in [4.78, 5) is 14.6. The Morgan fingerprint density at radius 3 is 2.53 bits per heavy atom. The number of hydrogen-bond acceptors (Lipinski definition) is 3. The maximum absolute atomic E-state index is 12.0. The van der Waals surface area contributed by atoms with Gasteiger partial charge in [-0.05, 0) is 51.4 Å². The minimum atomic E-state index is 0.132. The van der Waals surface area contributed by atoms with Crippen LogP contribution in [0.1, 0.15) is 48.0 Å². The van der Waals surface area contributed by atoms with Gasteiger partial charge in [-0.2, -0.15) is 0 Å². The topological polar surface area (TPSA) is 41.1 Å². The fourth-order valence-electron chi connectivity index (χ4n) is 2.23. The highest BCUT2D eigenvalue weighted by Crippen LogP contribution is 2.30. The molecule has 1 atom stereocenters. The van der Waals surface area contributed by atoms with Crippen molar-refractivity contribution in [2.75, 3.05) is 13.6 Å². The molecule has 1 aromatic heterocycles. The fraction of sp³-hybridized carbons (Fsp3) is 0.667. The number of amides is 1. The summed E-state index contributed by atoms with van der Waals surface area (Å²) in [5.74, 6) is 0.554. The highest BCUT2D eigenvalue weighted by molar-refractivity contribution is 7.12. The summed E-state index contributed by atoms with van der Waals surface area (Å²) >= 11 is 1.80. The third kappa shape index (κ3) is 4.96. The number of thiophene rings is 1. The Kier molecular flexibility index (Phi) is 6.52. The molecule has 0 aliphatic heterocycles. The Bertz CT molecular complexity index is 412. The van der Waals surface area contributed by atoms with E-state index in [1.165, 1.54) is 15.3 Å². The Morgan fingerprint density at radius 2 is 2.05 bits per heavy atom. The second kappa shape index (κ2) is 7.65. The number of hydrogen-bond donors (Lipinski definition) is 2. The normalized spacial score (nSPS) is 12.7. The van der Waals surface area contributed by atoms with Crippen LogP contribution in [0.15, 0.2) is 6.07 Å². The van der Waals surface area contributed by atoms with E-state index >= 15 is 0 Å². The van der Waals surface area contributed by atoms with Gasteiger partial charge in [0.2, 0.25) is 5.91 Å². The smallest absolute Gasteiger partial charge is 0.220 e. The summed E-state index contributed by atoms with van der Waals surface area (Å²) < 4.78 is 0. The van der Waals surface area contributed by atoms with E-state index in [-0.39, 0.29) is 11.9 Å². The van der Waals surface area contributed by atoms with Crippen LogP contribution >= 0.6 is 11.3 Å². The number of aryl methyl sites for hydroxylation is 2. The first kappa shape index (κ1) is 16.2. The van der Waals surface area contributed by atoms with Crippen LogP contribution in [0.4, 0.5) is 0 Å². The molecular weight excluding hydrogens is 256 g/mol. The standard InChI is InChI=1S/C15H26N2OS/c1-10(2)15(13-9-11(3)19-12(13)4)17-14(18)7-6-8-16-5/h9-10,15-16H,6-8H2,1-5H3,(H,17,18). The molecule has 3 nitrogen and oxygen atoms in total. The summed E-state index contributed by atoms with van der Waals surface area (Å²) in [6.07, 6.45) is 1.47. The molecule has 0 spiro atoms. The van der Waals surface area contributed by atoms with Crippen molar-refractivity contribution in [1.29, 1.82) is 0 Å². The lowest BCUT2D eigenvalue weighted by Crippen LogP contribution is -2.32. The lowest BCUT2D eigenvalue weighted by atomic mass is 9.96. The monoisotopic (exact) mass is 282 g/mol. The average Bonchev–Trinajstić information content (AvgIpc) is 2.65. The third-order valence-electron chi connectivity index (χ3n) is 3.23. The summed E-state index contributed by atoms with van der Waals surface area (Å²) in [5.41, 5.74) is 1.28. The van der Waals surface area contributed by atoms with Gasteiger partial charge >= 0.3 is 0 Å². The van der Waals surface area contributed by atoms with Crippen molar-refractivity contribution >= 4 is 17.2 Å². The predicted octanol–water partition coefficient (Wildman–Crippen LogP) is 3.18. The van der Waals surface area contributed by atoms with E-state index < -0.39 is 0 Å². The molecule has 0 aliphatic carbocycles. The molecule has 1 amide bonds. The van der Waals surface area contributed by atoms with Gasteiger partial charge in [0.15, 0.2) is 0 Å². The Morgan fingerprint density at radius 1 is 1.37 bits per heavy atom. The second-order valence-electron chi connectivity index (χ2n) is 5.36. The van der Waals surface area contributed by atoms with Crippen molar-refractivity contribution in [3.05, 3.63) is 21.4 Å². The highest BCUT2D eigenvalue weighted by atomic mass is 32.1. The van der Waals surface area contributed by atoms with Crippen LogP contribution in [0.25, 0.3) is 0 Å². The first-order valence-corrected chi connectivity index (χ1v) is 7.78. The molecule has 1 unspecified atom stereocenters. The van der Waals surface area contributed by atoms with Crippen LogP contribution < -0.4 is 10.6 Å². The molecular formula is C15H26N2OS. The van der Waals surface area contributed by atoms with E-state index in [2.05, 4.69) is 44.4 Å². The maximum Gasteiger partial charge on any atom is 0.220 e. The molecule has 0 aliphatic rings. The molecule has 0 radical (unpaired) electrons. The molecule has 19 heavy (non-hydrogen) atoms. The van der Waals surface area contributed by atoms with Gasteiger partial charge in [0.05, 0.1) is 6.04 Å². The van der Waals surface area contributed by atoms with Crippen LogP contribution in [0.3, 0.4) is 0 Å². The minimum Gasteiger partial charge on any atom is -0.349 e. The van der Waals surface area contributed by atoms with E-state index in [1.807, 2.05) is 7.05 Å². The SMILES string of the molecule is CNCCCC(=O)NC(c1cc(C)sc1C)C(C)C. The van der Waals surface area contributed by atoms with Gasteiger partial charge in [-0.1, -0.05) is 13.8 Å². The first-order chi connectivity index (χ1) is 8.95. The van der Waals surface area contributed by atoms with Crippen molar-refractivity contribution in [1.82, 2.24) is 10.6 Å². The Balaban J connectivity index is 2.68. The molecule has 0 aromatic carbocycles. The van der Waals surface area contributed by atoms with Crippen molar-refractivity contribution in [3.8, 4) is 0 Å². The van der Waals surface area contributed by atoms with Crippen LogP contribution in [0.2, 0.25) is 0 Å². The van der Waals surface area contributed by atoms with Gasteiger partial charge < -0.3 is 10.6 Å². The molecule has 1 heterocycles. The number of carbonyl (C=O) groups excluding carboxylic acids is 1. The molecule has 1 aromatic rings. The van der Waals surface area contributed by atoms with Crippen molar-refractivity contribution in [2.45, 2.75) is 46.6 Å². The van der Waals surface area contributed by atoms with Crippen LogP contribution in [-0.4, -0.2) is 19.5 Å². The third-order valence-corrected chi connectivity index (χ3v) is 4.21. The number of carbonyl (C=O) groups is 1. The van der Waals surface area contributed by atoms with Gasteiger partial charge in [-0.3, -0.25) is 4.79 Å². The molecule has 0 saturated heterocycles. The van der Waals surface area contributed by atoms with Crippen LogP contribution in [0.5, 0.6) is 0 Å². The number of rotatable bonds is 7. The van der Waals surface area contributed by atoms with E-state index in [0.29, 0.717) is 12.3 Å². The molecule has 1 rings (SSSR count). The lowest BCUT2D eigenvalue weighted by Gasteiger charge is -2.23. The molecule has 0 saturated carbocycles.